The van der Waals surface area contributed by atoms with Crippen molar-refractivity contribution in [2.45, 2.75) is 6.54 Å². The van der Waals surface area contributed by atoms with E-state index in [9.17, 15) is 4.79 Å². The van der Waals surface area contributed by atoms with Gasteiger partial charge in [-0.05, 0) is 23.6 Å². The summed E-state index contributed by atoms with van der Waals surface area (Å²) < 4.78 is 1.49. The van der Waals surface area contributed by atoms with Crippen LogP contribution in [-0.4, -0.2) is 20.7 Å². The maximum absolute atomic E-state index is 12.0. The standard InChI is InChI=1S/C14H13N5O/c15-13-5-7-19(18-13)9-14(20)17-12-3-1-2-10-4-6-16-8-11(10)12/h1-8H,9H2,(H2,15,18)(H,17,20). The fraction of sp³-hybridized carbons (Fsp3) is 0.0714. The van der Waals surface area contributed by atoms with Gasteiger partial charge in [0.15, 0.2) is 0 Å². The molecule has 0 aliphatic heterocycles. The Labute approximate surface area is 115 Å². The van der Waals surface area contributed by atoms with Crippen LogP contribution >= 0.6 is 0 Å². The first kappa shape index (κ1) is 12.2. The average molecular weight is 267 g/mol. The molecule has 0 aliphatic rings. The van der Waals surface area contributed by atoms with E-state index in [1.54, 1.807) is 24.7 Å². The van der Waals surface area contributed by atoms with Crippen molar-refractivity contribution in [3.05, 3.63) is 48.9 Å². The van der Waals surface area contributed by atoms with Gasteiger partial charge < -0.3 is 11.1 Å². The zero-order valence-electron chi connectivity index (χ0n) is 10.7. The number of nitrogens with two attached hydrogens (primary N) is 1. The number of anilines is 2. The highest BCUT2D eigenvalue weighted by molar-refractivity contribution is 6.01. The highest BCUT2D eigenvalue weighted by atomic mass is 16.2. The first-order chi connectivity index (χ1) is 9.72. The van der Waals surface area contributed by atoms with Crippen molar-refractivity contribution in [2.24, 2.45) is 0 Å². The van der Waals surface area contributed by atoms with Crippen molar-refractivity contribution >= 4 is 28.2 Å². The Kier molecular flexibility index (Phi) is 3.04. The number of hydrogen-bond donors (Lipinski definition) is 2. The van der Waals surface area contributed by atoms with Gasteiger partial charge >= 0.3 is 0 Å². The lowest BCUT2D eigenvalue weighted by Crippen LogP contribution is -2.19. The molecule has 3 N–H and O–H groups in total. The first-order valence-corrected chi connectivity index (χ1v) is 6.14. The third-order valence-corrected chi connectivity index (χ3v) is 2.92. The topological polar surface area (TPSA) is 85.8 Å². The van der Waals surface area contributed by atoms with Crippen LogP contribution in [0, 0.1) is 0 Å². The molecule has 3 aromatic rings. The van der Waals surface area contributed by atoms with Crippen LogP contribution in [0.15, 0.2) is 48.9 Å². The number of fused-ring (bicyclic) bond motifs is 1. The monoisotopic (exact) mass is 267 g/mol. The smallest absolute Gasteiger partial charge is 0.246 e. The maximum atomic E-state index is 12.0. The van der Waals surface area contributed by atoms with E-state index < -0.39 is 0 Å². The Morgan fingerprint density at radius 2 is 2.20 bits per heavy atom. The number of nitrogens with zero attached hydrogens (tertiary/aromatic N) is 3. The number of nitrogen functional groups attached to an aromatic ring is 1. The molecule has 0 saturated carbocycles. The Balaban J connectivity index is 1.81. The lowest BCUT2D eigenvalue weighted by molar-refractivity contribution is -0.116. The van der Waals surface area contributed by atoms with Crippen molar-refractivity contribution in [3.8, 4) is 0 Å². The van der Waals surface area contributed by atoms with Gasteiger partial charge in [0.2, 0.25) is 5.91 Å². The van der Waals surface area contributed by atoms with Gasteiger partial charge in [0.25, 0.3) is 0 Å². The highest BCUT2D eigenvalue weighted by Crippen LogP contribution is 2.21. The number of amides is 1. The molecule has 6 nitrogen and oxygen atoms in total. The summed E-state index contributed by atoms with van der Waals surface area (Å²) in [5.74, 6) is 0.233. The molecule has 0 atom stereocenters. The Hall–Kier alpha value is -2.89. The minimum atomic E-state index is -0.163. The molecule has 1 aromatic carbocycles. The number of rotatable bonds is 3. The molecule has 1 amide bonds. The van der Waals surface area contributed by atoms with Crippen LogP contribution in [0.3, 0.4) is 0 Å². The molecule has 3 rings (SSSR count). The van der Waals surface area contributed by atoms with Gasteiger partial charge in [-0.15, -0.1) is 0 Å². The Morgan fingerprint density at radius 1 is 1.30 bits per heavy atom. The van der Waals surface area contributed by atoms with Crippen molar-refractivity contribution in [1.82, 2.24) is 14.8 Å². The molecule has 0 unspecified atom stereocenters. The molecule has 2 heterocycles. The number of nitrogens with one attached hydrogen (secondary N) is 1. The molecule has 0 spiro atoms. The molecule has 2 aromatic heterocycles. The van der Waals surface area contributed by atoms with Crippen molar-refractivity contribution in [3.63, 3.8) is 0 Å². The number of hydrogen-bond acceptors (Lipinski definition) is 4. The van der Waals surface area contributed by atoms with Crippen molar-refractivity contribution in [2.75, 3.05) is 11.1 Å². The summed E-state index contributed by atoms with van der Waals surface area (Å²) >= 11 is 0. The summed E-state index contributed by atoms with van der Waals surface area (Å²) in [5.41, 5.74) is 6.25. The summed E-state index contributed by atoms with van der Waals surface area (Å²) in [6, 6.07) is 9.26. The molecule has 0 saturated heterocycles. The lowest BCUT2D eigenvalue weighted by Gasteiger charge is -2.08. The van der Waals surface area contributed by atoms with Gasteiger partial charge in [-0.1, -0.05) is 12.1 Å². The largest absolute Gasteiger partial charge is 0.382 e. The van der Waals surface area contributed by atoms with Crippen LogP contribution in [0.2, 0.25) is 0 Å². The van der Waals surface area contributed by atoms with Crippen LogP contribution in [0.25, 0.3) is 10.8 Å². The van der Waals surface area contributed by atoms with E-state index in [-0.39, 0.29) is 12.5 Å². The summed E-state index contributed by atoms with van der Waals surface area (Å²) in [5, 5.41) is 8.77. The van der Waals surface area contributed by atoms with Gasteiger partial charge in [-0.2, -0.15) is 5.10 Å². The van der Waals surface area contributed by atoms with Gasteiger partial charge in [-0.25, -0.2) is 0 Å². The predicted molar refractivity (Wildman–Crippen MR) is 77.0 cm³/mol. The van der Waals surface area contributed by atoms with Crippen LogP contribution in [0.5, 0.6) is 0 Å². The number of benzene rings is 1. The number of pyridine rings is 1. The van der Waals surface area contributed by atoms with Crippen molar-refractivity contribution < 1.29 is 4.79 Å². The van der Waals surface area contributed by atoms with E-state index >= 15 is 0 Å². The second-order valence-electron chi connectivity index (χ2n) is 4.39. The van der Waals surface area contributed by atoms with Crippen LogP contribution in [0.4, 0.5) is 11.5 Å². The summed E-state index contributed by atoms with van der Waals surface area (Å²) in [7, 11) is 0. The van der Waals surface area contributed by atoms with E-state index in [2.05, 4.69) is 15.4 Å². The fourth-order valence-corrected chi connectivity index (χ4v) is 2.02. The zero-order valence-corrected chi connectivity index (χ0v) is 10.7. The van der Waals surface area contributed by atoms with Crippen molar-refractivity contribution in [1.29, 1.82) is 0 Å². The fourth-order valence-electron chi connectivity index (χ4n) is 2.02. The second-order valence-corrected chi connectivity index (χ2v) is 4.39. The predicted octanol–water partition coefficient (Wildman–Crippen LogP) is 1.65. The van der Waals surface area contributed by atoms with E-state index in [0.717, 1.165) is 16.5 Å². The summed E-state index contributed by atoms with van der Waals surface area (Å²) in [6.45, 7) is 0.119. The molecule has 0 aliphatic carbocycles. The number of carbonyl (C=O) groups is 1. The SMILES string of the molecule is Nc1ccn(CC(=O)Nc2cccc3ccncc23)n1. The van der Waals surface area contributed by atoms with E-state index in [0.29, 0.717) is 5.82 Å². The average Bonchev–Trinajstić information content (AvgIpc) is 2.84. The normalized spacial score (nSPS) is 10.6. The lowest BCUT2D eigenvalue weighted by atomic mass is 10.1. The van der Waals surface area contributed by atoms with Crippen LogP contribution in [0.1, 0.15) is 0 Å². The molecule has 20 heavy (non-hydrogen) atoms. The van der Waals surface area contributed by atoms with Gasteiger partial charge in [0.05, 0.1) is 5.69 Å². The minimum Gasteiger partial charge on any atom is -0.382 e. The van der Waals surface area contributed by atoms with E-state index in [1.807, 2.05) is 24.3 Å². The van der Waals surface area contributed by atoms with Crippen LogP contribution in [-0.2, 0) is 11.3 Å². The maximum Gasteiger partial charge on any atom is 0.246 e. The summed E-state index contributed by atoms with van der Waals surface area (Å²) in [6.07, 6.45) is 5.12. The number of carbonyl (C=O) groups excluding carboxylic acids is 1. The Morgan fingerprint density at radius 3 is 3.00 bits per heavy atom. The van der Waals surface area contributed by atoms with Gasteiger partial charge in [0, 0.05) is 24.0 Å². The third-order valence-electron chi connectivity index (χ3n) is 2.92. The molecule has 0 bridgehead atoms. The molecule has 100 valence electrons. The van der Waals surface area contributed by atoms with Crippen LogP contribution < -0.4 is 11.1 Å². The zero-order chi connectivity index (χ0) is 13.9. The minimum absolute atomic E-state index is 0.119. The first-order valence-electron chi connectivity index (χ1n) is 6.14. The van der Waals surface area contributed by atoms with Gasteiger partial charge in [-0.3, -0.25) is 14.5 Å². The number of aromatic nitrogens is 3. The summed E-state index contributed by atoms with van der Waals surface area (Å²) in [4.78, 5) is 16.1. The molecule has 6 heteroatoms. The molecule has 0 fully saturated rings. The molecular weight excluding hydrogens is 254 g/mol. The van der Waals surface area contributed by atoms with E-state index in [4.69, 9.17) is 5.73 Å². The molecular formula is C14H13N5O. The second kappa shape index (κ2) is 5.00. The quantitative estimate of drug-likeness (QED) is 0.755. The highest BCUT2D eigenvalue weighted by Gasteiger charge is 2.07. The van der Waals surface area contributed by atoms with Gasteiger partial charge in [0.1, 0.15) is 12.4 Å². The third kappa shape index (κ3) is 2.44. The molecule has 0 radical (unpaired) electrons. The van der Waals surface area contributed by atoms with E-state index in [1.165, 1.54) is 4.68 Å². The Bertz CT molecular complexity index is 760.